The molecule has 1 saturated heterocycles. The molecule has 2 aliphatic heterocycles. The van der Waals surface area contributed by atoms with Crippen molar-refractivity contribution in [2.45, 2.75) is 30.5 Å². The Morgan fingerprint density at radius 1 is 1.12 bits per heavy atom. The van der Waals surface area contributed by atoms with Crippen molar-refractivity contribution in [3.05, 3.63) is 47.5 Å². The first-order valence-electron chi connectivity index (χ1n) is 11.7. The number of nitrogens with zero attached hydrogens (tertiary/aromatic N) is 1. The standard InChI is InChI=1S/C25H31N3O5S/c1-3-32-20-7-5-17(15-21(20)33-4-2)9-10-26-23(29)18-6-8-22-19(16-18)27-24(30)25(34-22)28-11-13-31-14-12-28/h5-8,15-16,25H,3-4,9-14H2,1-2H3,(H,26,29)(H,27,30)/t25-/m1/s1. The summed E-state index contributed by atoms with van der Waals surface area (Å²) in [5.41, 5.74) is 2.25. The van der Waals surface area contributed by atoms with Crippen LogP contribution in [0.3, 0.4) is 0 Å². The van der Waals surface area contributed by atoms with Crippen LogP contribution in [0.25, 0.3) is 0 Å². The molecule has 1 atom stereocenters. The molecule has 2 N–H and O–H groups in total. The fraction of sp³-hybridized carbons (Fsp3) is 0.440. The summed E-state index contributed by atoms with van der Waals surface area (Å²) in [5.74, 6) is 1.21. The van der Waals surface area contributed by atoms with E-state index in [1.165, 1.54) is 11.8 Å². The summed E-state index contributed by atoms with van der Waals surface area (Å²) in [4.78, 5) is 28.5. The number of hydrogen-bond donors (Lipinski definition) is 2. The summed E-state index contributed by atoms with van der Waals surface area (Å²) in [6.07, 6.45) is 0.664. The Kier molecular flexibility index (Phi) is 8.31. The van der Waals surface area contributed by atoms with Crippen molar-refractivity contribution >= 4 is 29.3 Å². The van der Waals surface area contributed by atoms with Crippen molar-refractivity contribution in [3.63, 3.8) is 0 Å². The Hall–Kier alpha value is -2.75. The second kappa shape index (κ2) is 11.6. The van der Waals surface area contributed by atoms with Crippen LogP contribution in [0.2, 0.25) is 0 Å². The monoisotopic (exact) mass is 485 g/mol. The molecule has 0 bridgehead atoms. The van der Waals surface area contributed by atoms with Gasteiger partial charge in [-0.05, 0) is 56.2 Å². The first-order valence-corrected chi connectivity index (χ1v) is 12.6. The number of morpholine rings is 1. The van der Waals surface area contributed by atoms with Crippen LogP contribution in [0.5, 0.6) is 11.5 Å². The zero-order valence-electron chi connectivity index (χ0n) is 19.6. The van der Waals surface area contributed by atoms with E-state index in [1.807, 2.05) is 38.1 Å². The Morgan fingerprint density at radius 2 is 1.88 bits per heavy atom. The third-order valence-electron chi connectivity index (χ3n) is 5.65. The lowest BCUT2D eigenvalue weighted by Gasteiger charge is -2.35. The molecule has 0 aliphatic carbocycles. The molecule has 2 aromatic rings. The minimum atomic E-state index is -0.272. The molecule has 9 heteroatoms. The van der Waals surface area contributed by atoms with Crippen LogP contribution >= 0.6 is 11.8 Å². The van der Waals surface area contributed by atoms with Crippen molar-refractivity contribution in [1.82, 2.24) is 10.2 Å². The van der Waals surface area contributed by atoms with E-state index < -0.39 is 0 Å². The molecule has 2 heterocycles. The molecule has 0 unspecified atom stereocenters. The number of amides is 2. The van der Waals surface area contributed by atoms with Crippen LogP contribution in [0.15, 0.2) is 41.3 Å². The third-order valence-corrected chi connectivity index (χ3v) is 6.99. The summed E-state index contributed by atoms with van der Waals surface area (Å²) in [6.45, 7) is 8.24. The van der Waals surface area contributed by atoms with Crippen LogP contribution in [-0.2, 0) is 16.0 Å². The molecule has 0 saturated carbocycles. The molecule has 0 spiro atoms. The van der Waals surface area contributed by atoms with Crippen molar-refractivity contribution in [3.8, 4) is 11.5 Å². The average Bonchev–Trinajstić information content (AvgIpc) is 2.85. The first-order chi connectivity index (χ1) is 16.6. The van der Waals surface area contributed by atoms with Crippen molar-refractivity contribution < 1.29 is 23.8 Å². The van der Waals surface area contributed by atoms with E-state index >= 15 is 0 Å². The Labute approximate surface area is 204 Å². The number of hydrogen-bond acceptors (Lipinski definition) is 7. The van der Waals surface area contributed by atoms with E-state index in [0.29, 0.717) is 56.4 Å². The van der Waals surface area contributed by atoms with Crippen molar-refractivity contribution in [2.24, 2.45) is 0 Å². The van der Waals surface area contributed by atoms with Gasteiger partial charge in [0.1, 0.15) is 5.37 Å². The van der Waals surface area contributed by atoms with Crippen LogP contribution in [0.4, 0.5) is 5.69 Å². The molecule has 2 aliphatic rings. The zero-order chi connectivity index (χ0) is 23.9. The van der Waals surface area contributed by atoms with Crippen LogP contribution < -0.4 is 20.1 Å². The SMILES string of the molecule is CCOc1ccc(CCNC(=O)c2ccc3c(c2)NC(=O)[C@H](N2CCOCC2)S3)cc1OCC. The maximum Gasteiger partial charge on any atom is 0.252 e. The molecular formula is C25H31N3O5S. The van der Waals surface area contributed by atoms with E-state index in [1.54, 1.807) is 12.1 Å². The number of ether oxygens (including phenoxy) is 3. The Balaban J connectivity index is 1.34. The predicted octanol–water partition coefficient (Wildman–Crippen LogP) is 3.16. The smallest absolute Gasteiger partial charge is 0.252 e. The predicted molar refractivity (Wildman–Crippen MR) is 132 cm³/mol. The van der Waals surface area contributed by atoms with Gasteiger partial charge in [0.2, 0.25) is 0 Å². The van der Waals surface area contributed by atoms with Crippen LogP contribution in [-0.4, -0.2) is 68.1 Å². The molecule has 1 fully saturated rings. The maximum absolute atomic E-state index is 12.7. The van der Waals surface area contributed by atoms with Gasteiger partial charge in [-0.25, -0.2) is 0 Å². The fourth-order valence-corrected chi connectivity index (χ4v) is 5.12. The summed E-state index contributed by atoms with van der Waals surface area (Å²) in [6, 6.07) is 11.3. The second-order valence-electron chi connectivity index (χ2n) is 7.97. The van der Waals surface area contributed by atoms with Crippen molar-refractivity contribution in [2.75, 3.05) is 51.4 Å². The van der Waals surface area contributed by atoms with Crippen LogP contribution in [0.1, 0.15) is 29.8 Å². The molecule has 2 amide bonds. The van der Waals surface area contributed by atoms with Gasteiger partial charge >= 0.3 is 0 Å². The van der Waals surface area contributed by atoms with Gasteiger partial charge in [0.05, 0.1) is 32.1 Å². The number of nitrogens with one attached hydrogen (secondary N) is 2. The molecular weight excluding hydrogens is 454 g/mol. The third kappa shape index (κ3) is 5.84. The summed E-state index contributed by atoms with van der Waals surface area (Å²) < 4.78 is 16.7. The molecule has 4 rings (SSSR count). The molecule has 2 aromatic carbocycles. The molecule has 182 valence electrons. The second-order valence-corrected chi connectivity index (χ2v) is 9.09. The number of benzene rings is 2. The minimum absolute atomic E-state index is 0.0578. The normalized spacial score (nSPS) is 18.1. The lowest BCUT2D eigenvalue weighted by Crippen LogP contribution is -2.48. The Morgan fingerprint density at radius 3 is 2.65 bits per heavy atom. The number of fused-ring (bicyclic) bond motifs is 1. The number of carbonyl (C=O) groups excluding carboxylic acids is 2. The van der Waals surface area contributed by atoms with Crippen molar-refractivity contribution in [1.29, 1.82) is 0 Å². The zero-order valence-corrected chi connectivity index (χ0v) is 20.4. The highest BCUT2D eigenvalue weighted by Crippen LogP contribution is 2.37. The number of thioether (sulfide) groups is 1. The summed E-state index contributed by atoms with van der Waals surface area (Å²) in [7, 11) is 0. The van der Waals surface area contributed by atoms with E-state index in [2.05, 4.69) is 15.5 Å². The highest BCUT2D eigenvalue weighted by molar-refractivity contribution is 8.00. The molecule has 8 nitrogen and oxygen atoms in total. The maximum atomic E-state index is 12.7. The van der Waals surface area contributed by atoms with Gasteiger partial charge in [-0.2, -0.15) is 0 Å². The van der Waals surface area contributed by atoms with Gasteiger partial charge in [0, 0.05) is 30.1 Å². The first kappa shape index (κ1) is 24.4. The van der Waals surface area contributed by atoms with Gasteiger partial charge in [0.25, 0.3) is 11.8 Å². The van der Waals surface area contributed by atoms with E-state index in [0.717, 1.165) is 29.3 Å². The topological polar surface area (TPSA) is 89.1 Å². The largest absolute Gasteiger partial charge is 0.490 e. The van der Waals surface area contributed by atoms with E-state index in [4.69, 9.17) is 14.2 Å². The van der Waals surface area contributed by atoms with Gasteiger partial charge in [-0.1, -0.05) is 17.8 Å². The van der Waals surface area contributed by atoms with Gasteiger partial charge in [-0.3, -0.25) is 14.5 Å². The average molecular weight is 486 g/mol. The molecule has 0 aromatic heterocycles. The van der Waals surface area contributed by atoms with E-state index in [9.17, 15) is 9.59 Å². The number of rotatable bonds is 9. The highest BCUT2D eigenvalue weighted by atomic mass is 32.2. The van der Waals surface area contributed by atoms with Gasteiger partial charge in [-0.15, -0.1) is 0 Å². The lowest BCUT2D eigenvalue weighted by molar-refractivity contribution is -0.119. The fourth-order valence-electron chi connectivity index (χ4n) is 3.97. The van der Waals surface area contributed by atoms with Gasteiger partial charge < -0.3 is 24.8 Å². The number of carbonyl (C=O) groups is 2. The molecule has 0 radical (unpaired) electrons. The highest BCUT2D eigenvalue weighted by Gasteiger charge is 2.33. The lowest BCUT2D eigenvalue weighted by atomic mass is 10.1. The summed E-state index contributed by atoms with van der Waals surface area (Å²) >= 11 is 1.52. The minimum Gasteiger partial charge on any atom is -0.490 e. The Bertz CT molecular complexity index is 1030. The molecule has 34 heavy (non-hydrogen) atoms. The van der Waals surface area contributed by atoms with Gasteiger partial charge in [0.15, 0.2) is 11.5 Å². The quantitative estimate of drug-likeness (QED) is 0.564. The van der Waals surface area contributed by atoms with E-state index in [-0.39, 0.29) is 17.2 Å². The van der Waals surface area contributed by atoms with Crippen LogP contribution in [0, 0.1) is 0 Å². The number of anilines is 1. The summed E-state index contributed by atoms with van der Waals surface area (Å²) in [5, 5.41) is 5.66.